The van der Waals surface area contributed by atoms with E-state index in [0.29, 0.717) is 11.6 Å². The largest absolute Gasteiger partial charge is 0.324 e. The number of hydrogen-bond acceptors (Lipinski definition) is 4. The molecular formula is C24H23N5O. The van der Waals surface area contributed by atoms with Gasteiger partial charge in [-0.3, -0.25) is 4.79 Å². The molecular weight excluding hydrogens is 374 g/mol. The van der Waals surface area contributed by atoms with E-state index in [1.54, 1.807) is 6.20 Å². The van der Waals surface area contributed by atoms with Gasteiger partial charge in [-0.1, -0.05) is 49.2 Å². The molecule has 0 unspecified atom stereocenters. The van der Waals surface area contributed by atoms with Gasteiger partial charge in [-0.25, -0.2) is 4.98 Å². The highest BCUT2D eigenvalue weighted by molar-refractivity contribution is 6.06. The molecule has 1 amide bonds. The van der Waals surface area contributed by atoms with Gasteiger partial charge in [0.05, 0.1) is 0 Å². The Morgan fingerprint density at radius 1 is 0.933 bits per heavy atom. The molecule has 1 aliphatic rings. The Kier molecular flexibility index (Phi) is 4.89. The van der Waals surface area contributed by atoms with Crippen molar-refractivity contribution in [2.75, 3.05) is 10.6 Å². The quantitative estimate of drug-likeness (QED) is 0.464. The van der Waals surface area contributed by atoms with Crippen molar-refractivity contribution in [2.45, 2.75) is 31.7 Å². The minimum absolute atomic E-state index is 0.122. The second-order valence-electron chi connectivity index (χ2n) is 7.62. The number of nitrogens with one attached hydrogen (secondary N) is 2. The highest BCUT2D eigenvalue weighted by Gasteiger charge is 2.26. The summed E-state index contributed by atoms with van der Waals surface area (Å²) >= 11 is 0. The Hall–Kier alpha value is -3.67. The number of carbonyl (C=O) groups is 1. The average molecular weight is 397 g/mol. The maximum Gasteiger partial charge on any atom is 0.272 e. The molecule has 0 atom stereocenters. The van der Waals surface area contributed by atoms with E-state index >= 15 is 0 Å². The zero-order chi connectivity index (χ0) is 20.3. The monoisotopic (exact) mass is 397 g/mol. The van der Waals surface area contributed by atoms with Crippen LogP contribution in [-0.2, 0) is 0 Å². The van der Waals surface area contributed by atoms with E-state index in [2.05, 4.69) is 20.2 Å². The molecule has 0 aliphatic heterocycles. The van der Waals surface area contributed by atoms with E-state index in [0.717, 1.165) is 35.2 Å². The Morgan fingerprint density at radius 3 is 2.30 bits per heavy atom. The molecule has 2 aromatic carbocycles. The van der Waals surface area contributed by atoms with Gasteiger partial charge in [-0.05, 0) is 43.2 Å². The van der Waals surface area contributed by atoms with Gasteiger partial charge in [0.1, 0.15) is 11.3 Å². The second-order valence-corrected chi connectivity index (χ2v) is 7.62. The van der Waals surface area contributed by atoms with Crippen LogP contribution >= 0.6 is 0 Å². The maximum atomic E-state index is 13.1. The van der Waals surface area contributed by atoms with Crippen LogP contribution in [0.2, 0.25) is 0 Å². The van der Waals surface area contributed by atoms with Crippen LogP contribution in [0.15, 0.2) is 72.9 Å². The number of para-hydroxylation sites is 2. The number of amides is 1. The number of carbonyl (C=O) groups excluding carboxylic acids is 1. The van der Waals surface area contributed by atoms with Crippen LogP contribution in [0.4, 0.5) is 17.3 Å². The number of aromatic nitrogens is 3. The molecule has 1 fully saturated rings. The number of hydrogen-bond donors (Lipinski definition) is 2. The molecule has 1 saturated carbocycles. The summed E-state index contributed by atoms with van der Waals surface area (Å²) in [6.45, 7) is 0. The van der Waals surface area contributed by atoms with E-state index in [1.807, 2.05) is 66.7 Å². The Bertz CT molecular complexity index is 1160. The van der Waals surface area contributed by atoms with E-state index in [-0.39, 0.29) is 11.9 Å². The van der Waals surface area contributed by atoms with Gasteiger partial charge in [0.15, 0.2) is 0 Å². The van der Waals surface area contributed by atoms with Gasteiger partial charge in [0.25, 0.3) is 5.91 Å². The standard InChI is InChI=1S/C24H23N5O/c30-23(26-18-9-3-1-4-10-18)21-15-17-16-25-24(27-19-11-5-2-6-12-19)28-22(17)29(21)20-13-7-8-14-20/h1-6,9-12,15-16,20H,7-8,13-14H2,(H,26,30)(H,25,27,28). The summed E-state index contributed by atoms with van der Waals surface area (Å²) in [5.74, 6) is 0.407. The van der Waals surface area contributed by atoms with Crippen LogP contribution in [0, 0.1) is 0 Å². The van der Waals surface area contributed by atoms with E-state index in [4.69, 9.17) is 4.98 Å². The molecule has 2 aromatic heterocycles. The summed E-state index contributed by atoms with van der Waals surface area (Å²) in [5, 5.41) is 7.14. The summed E-state index contributed by atoms with van der Waals surface area (Å²) in [4.78, 5) is 22.4. The van der Waals surface area contributed by atoms with Crippen molar-refractivity contribution in [1.82, 2.24) is 14.5 Å². The number of anilines is 3. The van der Waals surface area contributed by atoms with Gasteiger partial charge >= 0.3 is 0 Å². The highest BCUT2D eigenvalue weighted by atomic mass is 16.2. The van der Waals surface area contributed by atoms with Gasteiger partial charge in [-0.2, -0.15) is 4.98 Å². The Balaban J connectivity index is 1.54. The van der Waals surface area contributed by atoms with Crippen LogP contribution in [-0.4, -0.2) is 20.4 Å². The summed E-state index contributed by atoms with van der Waals surface area (Å²) in [7, 11) is 0. The third-order valence-electron chi connectivity index (χ3n) is 5.56. The fraction of sp³-hybridized carbons (Fsp3) is 0.208. The minimum atomic E-state index is -0.122. The van der Waals surface area contributed by atoms with Gasteiger partial charge < -0.3 is 15.2 Å². The van der Waals surface area contributed by atoms with E-state index in [1.165, 1.54) is 12.8 Å². The third kappa shape index (κ3) is 3.64. The van der Waals surface area contributed by atoms with Crippen molar-refractivity contribution < 1.29 is 4.79 Å². The molecule has 150 valence electrons. The van der Waals surface area contributed by atoms with E-state index < -0.39 is 0 Å². The molecule has 2 N–H and O–H groups in total. The highest BCUT2D eigenvalue weighted by Crippen LogP contribution is 2.34. The number of rotatable bonds is 5. The van der Waals surface area contributed by atoms with Gasteiger partial charge in [0.2, 0.25) is 5.95 Å². The molecule has 0 saturated heterocycles. The SMILES string of the molecule is O=C(Nc1ccccc1)c1cc2cnc(Nc3ccccc3)nc2n1C1CCCC1. The zero-order valence-corrected chi connectivity index (χ0v) is 16.6. The summed E-state index contributed by atoms with van der Waals surface area (Å²) in [6, 6.07) is 21.6. The molecule has 0 bridgehead atoms. The first-order chi connectivity index (χ1) is 14.8. The first kappa shape index (κ1) is 18.4. The molecule has 30 heavy (non-hydrogen) atoms. The molecule has 6 heteroatoms. The summed E-state index contributed by atoms with van der Waals surface area (Å²) in [5.41, 5.74) is 3.14. The van der Waals surface area contributed by atoms with Gasteiger partial charge in [-0.15, -0.1) is 0 Å². The van der Waals surface area contributed by atoms with Crippen LogP contribution in [0.1, 0.15) is 42.2 Å². The summed E-state index contributed by atoms with van der Waals surface area (Å²) < 4.78 is 2.11. The zero-order valence-electron chi connectivity index (χ0n) is 16.6. The number of nitrogens with zero attached hydrogens (tertiary/aromatic N) is 3. The predicted molar refractivity (Wildman–Crippen MR) is 119 cm³/mol. The van der Waals surface area contributed by atoms with Crippen molar-refractivity contribution in [3.63, 3.8) is 0 Å². The Morgan fingerprint density at radius 2 is 1.60 bits per heavy atom. The topological polar surface area (TPSA) is 71.8 Å². The molecule has 0 radical (unpaired) electrons. The maximum absolute atomic E-state index is 13.1. The molecule has 0 spiro atoms. The van der Waals surface area contributed by atoms with Crippen molar-refractivity contribution in [1.29, 1.82) is 0 Å². The van der Waals surface area contributed by atoms with E-state index in [9.17, 15) is 4.79 Å². The molecule has 2 heterocycles. The molecule has 6 nitrogen and oxygen atoms in total. The Labute approximate surface area is 175 Å². The van der Waals surface area contributed by atoms with Crippen LogP contribution in [0.25, 0.3) is 11.0 Å². The first-order valence-corrected chi connectivity index (χ1v) is 10.3. The predicted octanol–water partition coefficient (Wildman–Crippen LogP) is 5.54. The normalized spacial score (nSPS) is 14.1. The lowest BCUT2D eigenvalue weighted by atomic mass is 10.2. The second kappa shape index (κ2) is 7.99. The fourth-order valence-corrected chi connectivity index (χ4v) is 4.14. The number of benzene rings is 2. The number of fused-ring (bicyclic) bond motifs is 1. The van der Waals surface area contributed by atoms with Crippen LogP contribution < -0.4 is 10.6 Å². The lowest BCUT2D eigenvalue weighted by molar-refractivity contribution is 0.101. The first-order valence-electron chi connectivity index (χ1n) is 10.3. The van der Waals surface area contributed by atoms with Crippen molar-refractivity contribution in [3.8, 4) is 0 Å². The average Bonchev–Trinajstić information content (AvgIpc) is 3.42. The van der Waals surface area contributed by atoms with Crippen LogP contribution in [0.3, 0.4) is 0 Å². The van der Waals surface area contributed by atoms with Crippen molar-refractivity contribution >= 4 is 34.3 Å². The molecule has 5 rings (SSSR count). The fourth-order valence-electron chi connectivity index (χ4n) is 4.14. The smallest absolute Gasteiger partial charge is 0.272 e. The van der Waals surface area contributed by atoms with Gasteiger partial charge in [0, 0.05) is 29.0 Å². The van der Waals surface area contributed by atoms with Crippen molar-refractivity contribution in [3.05, 3.63) is 78.6 Å². The summed E-state index contributed by atoms with van der Waals surface area (Å²) in [6.07, 6.45) is 6.24. The van der Waals surface area contributed by atoms with Crippen LogP contribution in [0.5, 0.6) is 0 Å². The molecule has 4 aromatic rings. The minimum Gasteiger partial charge on any atom is -0.324 e. The lowest BCUT2D eigenvalue weighted by Gasteiger charge is -2.17. The lowest BCUT2D eigenvalue weighted by Crippen LogP contribution is -2.19. The molecule has 1 aliphatic carbocycles. The third-order valence-corrected chi connectivity index (χ3v) is 5.56. The van der Waals surface area contributed by atoms with Crippen molar-refractivity contribution in [2.24, 2.45) is 0 Å².